The van der Waals surface area contributed by atoms with Crippen molar-refractivity contribution >= 4 is 35.2 Å². The third-order valence-electron chi connectivity index (χ3n) is 1.56. The van der Waals surface area contributed by atoms with Gasteiger partial charge in [-0.15, -0.1) is 23.3 Å². The van der Waals surface area contributed by atoms with Crippen LogP contribution in [0.2, 0.25) is 0 Å². The largest absolute Gasteiger partial charge is 0.503 e. The van der Waals surface area contributed by atoms with Gasteiger partial charge in [0, 0.05) is 0 Å². The van der Waals surface area contributed by atoms with E-state index in [1.54, 1.807) is 12.3 Å². The predicted octanol–water partition coefficient (Wildman–Crippen LogP) is -0.485. The highest BCUT2D eigenvalue weighted by molar-refractivity contribution is 8.59. The van der Waals surface area contributed by atoms with Crippen LogP contribution in [0.15, 0.2) is 6.33 Å². The molecule has 1 aromatic heterocycles. The molecule has 0 aliphatic rings. The molecule has 1 rings (SSSR count). The van der Waals surface area contributed by atoms with Crippen LogP contribution in [0.5, 0.6) is 5.75 Å². The molecule has 0 spiro atoms. The van der Waals surface area contributed by atoms with Crippen molar-refractivity contribution in [3.05, 3.63) is 12.0 Å². The molecule has 2 amide bonds. The molecule has 0 aliphatic heterocycles. The summed E-state index contributed by atoms with van der Waals surface area (Å²) >= 11 is 6.44. The number of aryl methyl sites for hydroxylation is 1. The van der Waals surface area contributed by atoms with Gasteiger partial charge in [-0.2, -0.15) is 0 Å². The minimum absolute atomic E-state index is 0.111. The molecular weight excluding hydrogens is 252 g/mol. The van der Waals surface area contributed by atoms with Gasteiger partial charge < -0.3 is 5.11 Å². The lowest BCUT2D eigenvalue weighted by Crippen LogP contribution is -2.48. The second-order valence-electron chi connectivity index (χ2n) is 2.45. The topological polar surface area (TPSA) is 130 Å². The molecule has 1 aromatic rings. The zero-order chi connectivity index (χ0) is 12.7. The monoisotopic (exact) mass is 264 g/mol. The Hall–Kier alpha value is -1.23. The first-order valence-electron chi connectivity index (χ1n) is 3.84. The van der Waals surface area contributed by atoms with E-state index in [-0.39, 0.29) is 11.6 Å². The highest BCUT2D eigenvalue weighted by Crippen LogP contribution is 2.23. The molecule has 10 heteroatoms. The fraction of sp³-hybridized carbons (Fsp3) is 0.167. The fourth-order valence-corrected chi connectivity index (χ4v) is 0.796. The standard InChI is InChI=1S/C6H10N6O2.H2S2/c1-3-4(13)5(10-2-9-3)12(8)6(14)11-7;1-2/h2,13H,7-8H2,1H3,(H,11,14);1-2H. The molecule has 0 fully saturated rings. The van der Waals surface area contributed by atoms with Gasteiger partial charge in [0.15, 0.2) is 11.6 Å². The Bertz CT molecular complexity index is 363. The lowest BCUT2D eigenvalue weighted by molar-refractivity contribution is 0.246. The summed E-state index contributed by atoms with van der Waals surface area (Å²) < 4.78 is 0. The molecule has 90 valence electrons. The maximum Gasteiger partial charge on any atom is 0.351 e. The zero-order valence-electron chi connectivity index (χ0n) is 8.32. The Morgan fingerprint density at radius 3 is 2.62 bits per heavy atom. The first kappa shape index (κ1) is 14.8. The normalized spacial score (nSPS) is 8.81. The predicted molar refractivity (Wildman–Crippen MR) is 65.8 cm³/mol. The van der Waals surface area contributed by atoms with Crippen LogP contribution in [-0.2, 0) is 0 Å². The number of urea groups is 1. The van der Waals surface area contributed by atoms with Crippen LogP contribution in [0, 0.1) is 6.92 Å². The van der Waals surface area contributed by atoms with Crippen LogP contribution in [0.25, 0.3) is 0 Å². The number of rotatable bonds is 1. The number of hydrogen-bond acceptors (Lipinski definition) is 8. The lowest BCUT2D eigenvalue weighted by Gasteiger charge is -2.15. The van der Waals surface area contributed by atoms with Gasteiger partial charge in [-0.05, 0) is 6.92 Å². The summed E-state index contributed by atoms with van der Waals surface area (Å²) in [6.07, 6.45) is 1.17. The average molecular weight is 264 g/mol. The van der Waals surface area contributed by atoms with Crippen LogP contribution in [0.3, 0.4) is 0 Å². The van der Waals surface area contributed by atoms with E-state index in [0.29, 0.717) is 10.7 Å². The molecule has 0 saturated heterocycles. The van der Waals surface area contributed by atoms with Crippen molar-refractivity contribution in [3.63, 3.8) is 0 Å². The van der Waals surface area contributed by atoms with E-state index in [1.165, 1.54) is 6.33 Å². The second kappa shape index (κ2) is 7.11. The van der Waals surface area contributed by atoms with Crippen LogP contribution in [0.1, 0.15) is 5.69 Å². The van der Waals surface area contributed by atoms with Gasteiger partial charge in [0.1, 0.15) is 6.33 Å². The SMILES string of the molecule is Cc1ncnc(N(N)C(=O)NN)c1O.SS. The molecule has 0 aromatic carbocycles. The van der Waals surface area contributed by atoms with E-state index in [0.717, 1.165) is 0 Å². The minimum Gasteiger partial charge on any atom is -0.503 e. The van der Waals surface area contributed by atoms with Crippen molar-refractivity contribution < 1.29 is 9.90 Å². The van der Waals surface area contributed by atoms with E-state index >= 15 is 0 Å². The minimum atomic E-state index is -0.793. The van der Waals surface area contributed by atoms with Gasteiger partial charge in [0.25, 0.3) is 0 Å². The summed E-state index contributed by atoms with van der Waals surface area (Å²) in [6, 6.07) is -0.793. The zero-order valence-corrected chi connectivity index (χ0v) is 10.1. The number of carbonyl (C=O) groups is 1. The fourth-order valence-electron chi connectivity index (χ4n) is 0.796. The molecule has 1 heterocycles. The van der Waals surface area contributed by atoms with Crippen molar-refractivity contribution in [3.8, 4) is 5.75 Å². The van der Waals surface area contributed by atoms with Crippen LogP contribution in [0.4, 0.5) is 10.6 Å². The van der Waals surface area contributed by atoms with Crippen molar-refractivity contribution in [1.29, 1.82) is 0 Å². The van der Waals surface area contributed by atoms with Gasteiger partial charge >= 0.3 is 6.03 Å². The number of carbonyl (C=O) groups excluding carboxylic acids is 1. The molecule has 0 saturated carbocycles. The van der Waals surface area contributed by atoms with Gasteiger partial charge in [-0.25, -0.2) is 31.5 Å². The average Bonchev–Trinajstić information content (AvgIpc) is 2.33. The first-order valence-corrected chi connectivity index (χ1v) is 5.44. The number of thiol groups is 2. The second-order valence-corrected chi connectivity index (χ2v) is 2.45. The number of nitrogens with one attached hydrogen (secondary N) is 1. The van der Waals surface area contributed by atoms with E-state index in [4.69, 9.17) is 11.7 Å². The summed E-state index contributed by atoms with van der Waals surface area (Å²) in [5, 5.41) is 10.0. The van der Waals surface area contributed by atoms with Gasteiger partial charge in [-0.3, -0.25) is 5.43 Å². The Balaban J connectivity index is 0.00000106. The van der Waals surface area contributed by atoms with E-state index in [9.17, 15) is 9.90 Å². The van der Waals surface area contributed by atoms with Crippen molar-refractivity contribution in [2.45, 2.75) is 6.92 Å². The highest BCUT2D eigenvalue weighted by Gasteiger charge is 2.17. The quantitative estimate of drug-likeness (QED) is 0.133. The molecule has 16 heavy (non-hydrogen) atoms. The number of nitrogens with zero attached hydrogens (tertiary/aromatic N) is 3. The van der Waals surface area contributed by atoms with Crippen LogP contribution < -0.4 is 22.1 Å². The van der Waals surface area contributed by atoms with Gasteiger partial charge in [-0.1, -0.05) is 0 Å². The van der Waals surface area contributed by atoms with E-state index in [2.05, 4.69) is 33.3 Å². The third kappa shape index (κ3) is 3.41. The Labute approximate surface area is 102 Å². The maximum absolute atomic E-state index is 11.0. The van der Waals surface area contributed by atoms with Crippen molar-refractivity contribution in [2.24, 2.45) is 11.7 Å². The molecule has 0 atom stereocenters. The highest BCUT2D eigenvalue weighted by atomic mass is 33.1. The summed E-state index contributed by atoms with van der Waals surface area (Å²) in [6.45, 7) is 1.55. The molecule has 0 unspecified atom stereocenters. The van der Waals surface area contributed by atoms with E-state index in [1.807, 2.05) is 0 Å². The smallest absolute Gasteiger partial charge is 0.351 e. The van der Waals surface area contributed by atoms with Crippen LogP contribution in [-0.4, -0.2) is 21.1 Å². The lowest BCUT2D eigenvalue weighted by atomic mass is 10.4. The summed E-state index contributed by atoms with van der Waals surface area (Å²) in [5.41, 5.74) is 2.12. The van der Waals surface area contributed by atoms with Crippen molar-refractivity contribution in [2.75, 3.05) is 5.01 Å². The molecule has 0 bridgehead atoms. The summed E-state index contributed by atoms with van der Waals surface area (Å²) in [7, 11) is 0. The van der Waals surface area contributed by atoms with Gasteiger partial charge in [0.05, 0.1) is 5.69 Å². The number of anilines is 1. The molecule has 0 aliphatic carbocycles. The molecule has 6 N–H and O–H groups in total. The number of hydrogen-bond donors (Lipinski definition) is 6. The van der Waals surface area contributed by atoms with Crippen LogP contribution >= 0.6 is 23.3 Å². The third-order valence-corrected chi connectivity index (χ3v) is 1.56. The molecular formula is C6H12N6O2S2. The number of nitrogens with two attached hydrogens (primary N) is 2. The summed E-state index contributed by atoms with van der Waals surface area (Å²) in [5.74, 6) is 9.79. The number of aromatic nitrogens is 2. The summed E-state index contributed by atoms with van der Waals surface area (Å²) in [4.78, 5) is 18.3. The number of hydrazine groups is 2. The number of aromatic hydroxyl groups is 1. The molecule has 0 radical (unpaired) electrons. The first-order chi connectivity index (χ1) is 7.57. The maximum atomic E-state index is 11.0. The number of amides is 2. The Morgan fingerprint density at radius 1 is 1.56 bits per heavy atom. The Morgan fingerprint density at radius 2 is 2.12 bits per heavy atom. The van der Waals surface area contributed by atoms with E-state index < -0.39 is 6.03 Å². The van der Waals surface area contributed by atoms with Crippen molar-refractivity contribution in [1.82, 2.24) is 15.4 Å². The van der Waals surface area contributed by atoms with Gasteiger partial charge in [0.2, 0.25) is 0 Å². The Kier molecular flexibility index (Phi) is 6.56. The molecule has 8 nitrogen and oxygen atoms in total.